The third-order valence-corrected chi connectivity index (χ3v) is 6.65. The summed E-state index contributed by atoms with van der Waals surface area (Å²) in [5.41, 5.74) is 3.32. The van der Waals surface area contributed by atoms with Crippen LogP contribution >= 0.6 is 11.8 Å². The van der Waals surface area contributed by atoms with Gasteiger partial charge in [-0.05, 0) is 29.2 Å². The second kappa shape index (κ2) is 7.92. The molecule has 2 aliphatic heterocycles. The summed E-state index contributed by atoms with van der Waals surface area (Å²) in [6.45, 7) is 4.53. The Balaban J connectivity index is 1.65. The minimum absolute atomic E-state index is 0.0366. The van der Waals surface area contributed by atoms with E-state index in [0.29, 0.717) is 28.1 Å². The fraction of sp³-hybridized carbons (Fsp3) is 0.304. The summed E-state index contributed by atoms with van der Waals surface area (Å²) < 4.78 is 14.2. The summed E-state index contributed by atoms with van der Waals surface area (Å²) in [4.78, 5) is 16.4. The SMILES string of the molecule is CC(C)c1ccc([C@H]2CC(=O)N3CN(c4ccccc4F)CSC3=C2C#N)cc1. The first-order valence-corrected chi connectivity index (χ1v) is 10.6. The molecule has 1 atom stereocenters. The molecule has 0 aromatic heterocycles. The van der Waals surface area contributed by atoms with Crippen LogP contribution in [0.2, 0.25) is 0 Å². The number of hydrogen-bond donors (Lipinski definition) is 0. The van der Waals surface area contributed by atoms with Crippen molar-refractivity contribution in [2.45, 2.75) is 32.1 Å². The number of anilines is 1. The molecule has 1 amide bonds. The molecule has 0 aliphatic carbocycles. The molecule has 2 aromatic carbocycles. The number of hydrogen-bond acceptors (Lipinski definition) is 4. The van der Waals surface area contributed by atoms with E-state index >= 15 is 0 Å². The Kier molecular flexibility index (Phi) is 5.33. The summed E-state index contributed by atoms with van der Waals surface area (Å²) in [6, 6.07) is 17.1. The number of nitriles is 1. The summed E-state index contributed by atoms with van der Waals surface area (Å²) in [7, 11) is 0. The molecule has 1 saturated heterocycles. The van der Waals surface area contributed by atoms with Crippen molar-refractivity contribution in [1.82, 2.24) is 4.90 Å². The fourth-order valence-electron chi connectivity index (χ4n) is 3.82. The molecule has 0 spiro atoms. The number of para-hydroxylation sites is 1. The number of amides is 1. The highest BCUT2D eigenvalue weighted by atomic mass is 32.2. The Morgan fingerprint density at radius 2 is 1.90 bits per heavy atom. The van der Waals surface area contributed by atoms with E-state index in [1.807, 2.05) is 17.0 Å². The maximum absolute atomic E-state index is 14.2. The van der Waals surface area contributed by atoms with Gasteiger partial charge in [0, 0.05) is 12.3 Å². The van der Waals surface area contributed by atoms with Crippen molar-refractivity contribution in [3.8, 4) is 6.07 Å². The Labute approximate surface area is 174 Å². The summed E-state index contributed by atoms with van der Waals surface area (Å²) >= 11 is 1.42. The van der Waals surface area contributed by atoms with Crippen molar-refractivity contribution in [2.75, 3.05) is 17.4 Å². The second-order valence-corrected chi connectivity index (χ2v) is 8.57. The van der Waals surface area contributed by atoms with E-state index in [0.717, 1.165) is 5.56 Å². The van der Waals surface area contributed by atoms with E-state index in [9.17, 15) is 14.4 Å². The number of benzene rings is 2. The quantitative estimate of drug-likeness (QED) is 0.704. The third kappa shape index (κ3) is 3.63. The molecule has 1 fully saturated rings. The van der Waals surface area contributed by atoms with Gasteiger partial charge in [0.15, 0.2) is 0 Å². The zero-order valence-corrected chi connectivity index (χ0v) is 17.2. The van der Waals surface area contributed by atoms with Crippen LogP contribution in [-0.4, -0.2) is 23.4 Å². The smallest absolute Gasteiger partial charge is 0.229 e. The first kappa shape index (κ1) is 19.5. The van der Waals surface area contributed by atoms with Crippen LogP contribution in [0.25, 0.3) is 0 Å². The highest BCUT2D eigenvalue weighted by Crippen LogP contribution is 2.43. The molecular weight excluding hydrogens is 385 g/mol. The lowest BCUT2D eigenvalue weighted by atomic mass is 9.85. The van der Waals surface area contributed by atoms with Crippen LogP contribution in [0.5, 0.6) is 0 Å². The Hall–Kier alpha value is -2.78. The highest BCUT2D eigenvalue weighted by Gasteiger charge is 2.38. The van der Waals surface area contributed by atoms with Crippen molar-refractivity contribution in [2.24, 2.45) is 0 Å². The van der Waals surface area contributed by atoms with E-state index in [1.54, 1.807) is 23.1 Å². The topological polar surface area (TPSA) is 47.3 Å². The van der Waals surface area contributed by atoms with Crippen LogP contribution in [0.3, 0.4) is 0 Å². The molecule has 29 heavy (non-hydrogen) atoms. The van der Waals surface area contributed by atoms with Gasteiger partial charge in [-0.25, -0.2) is 4.39 Å². The van der Waals surface area contributed by atoms with Crippen LogP contribution in [0.15, 0.2) is 59.1 Å². The van der Waals surface area contributed by atoms with Gasteiger partial charge in [-0.2, -0.15) is 5.26 Å². The second-order valence-electron chi connectivity index (χ2n) is 7.64. The summed E-state index contributed by atoms with van der Waals surface area (Å²) in [5, 5.41) is 10.6. The lowest BCUT2D eigenvalue weighted by Crippen LogP contribution is -2.47. The number of fused-ring (bicyclic) bond motifs is 1. The maximum atomic E-state index is 14.2. The monoisotopic (exact) mass is 407 g/mol. The number of rotatable bonds is 3. The van der Waals surface area contributed by atoms with Crippen LogP contribution in [-0.2, 0) is 4.79 Å². The van der Waals surface area contributed by atoms with Crippen molar-refractivity contribution in [3.05, 3.63) is 76.1 Å². The van der Waals surface area contributed by atoms with Crippen molar-refractivity contribution in [1.29, 1.82) is 5.26 Å². The zero-order valence-electron chi connectivity index (χ0n) is 16.4. The van der Waals surface area contributed by atoms with Gasteiger partial charge in [0.1, 0.15) is 5.82 Å². The molecule has 0 saturated carbocycles. The number of carbonyl (C=O) groups is 1. The van der Waals surface area contributed by atoms with Gasteiger partial charge in [-0.15, -0.1) is 0 Å². The predicted molar refractivity (Wildman–Crippen MR) is 114 cm³/mol. The van der Waals surface area contributed by atoms with E-state index < -0.39 is 0 Å². The van der Waals surface area contributed by atoms with Crippen LogP contribution in [0.4, 0.5) is 10.1 Å². The molecule has 0 unspecified atom stereocenters. The number of nitrogens with zero attached hydrogens (tertiary/aromatic N) is 3. The van der Waals surface area contributed by atoms with Gasteiger partial charge < -0.3 is 4.90 Å². The van der Waals surface area contributed by atoms with Crippen molar-refractivity contribution in [3.63, 3.8) is 0 Å². The average Bonchev–Trinajstić information content (AvgIpc) is 2.74. The van der Waals surface area contributed by atoms with Gasteiger partial charge in [-0.1, -0.05) is 62.0 Å². The van der Waals surface area contributed by atoms with Crippen LogP contribution in [0, 0.1) is 17.1 Å². The Morgan fingerprint density at radius 3 is 2.55 bits per heavy atom. The van der Waals surface area contributed by atoms with Gasteiger partial charge in [0.25, 0.3) is 0 Å². The molecule has 0 bridgehead atoms. The number of carbonyl (C=O) groups excluding carboxylic acids is 1. The Bertz CT molecular complexity index is 1010. The molecular formula is C23H22FN3OS. The molecule has 4 rings (SSSR count). The Morgan fingerprint density at radius 1 is 1.17 bits per heavy atom. The molecule has 0 N–H and O–H groups in total. The van der Waals surface area contributed by atoms with Gasteiger partial charge in [0.2, 0.25) is 5.91 Å². The molecule has 4 nitrogen and oxygen atoms in total. The van der Waals surface area contributed by atoms with E-state index in [2.05, 4.69) is 32.0 Å². The van der Waals surface area contributed by atoms with E-state index in [-0.39, 0.29) is 30.7 Å². The molecule has 2 heterocycles. The largest absolute Gasteiger partial charge is 0.341 e. The van der Waals surface area contributed by atoms with Crippen LogP contribution in [0.1, 0.15) is 43.2 Å². The predicted octanol–water partition coefficient (Wildman–Crippen LogP) is 5.17. The van der Waals surface area contributed by atoms with Crippen molar-refractivity contribution < 1.29 is 9.18 Å². The molecule has 2 aromatic rings. The van der Waals surface area contributed by atoms with Gasteiger partial charge in [-0.3, -0.25) is 9.69 Å². The van der Waals surface area contributed by atoms with Gasteiger partial charge in [0.05, 0.1) is 34.9 Å². The van der Waals surface area contributed by atoms with Gasteiger partial charge >= 0.3 is 0 Å². The molecule has 148 valence electrons. The number of thioether (sulfide) groups is 1. The minimum atomic E-state index is -0.311. The molecule has 2 aliphatic rings. The van der Waals surface area contributed by atoms with E-state index in [4.69, 9.17) is 0 Å². The first-order valence-electron chi connectivity index (χ1n) is 9.66. The number of halogens is 1. The van der Waals surface area contributed by atoms with Crippen LogP contribution < -0.4 is 4.90 Å². The fourth-order valence-corrected chi connectivity index (χ4v) is 4.98. The average molecular weight is 408 g/mol. The normalized spacial score (nSPS) is 19.4. The van der Waals surface area contributed by atoms with E-state index in [1.165, 1.54) is 23.4 Å². The summed E-state index contributed by atoms with van der Waals surface area (Å²) in [5.74, 6) is 0.343. The van der Waals surface area contributed by atoms with Crippen molar-refractivity contribution >= 4 is 23.4 Å². The standard InChI is InChI=1S/C23H22FN3OS/c1-15(2)16-7-9-17(10-8-16)18-11-22(28)27-13-26(14-29-23(27)19(18)12-25)21-6-4-3-5-20(21)24/h3-10,15,18H,11,13-14H2,1-2H3/t18-/m1/s1. The number of allylic oxidation sites excluding steroid dienone is 1. The third-order valence-electron chi connectivity index (χ3n) is 5.49. The maximum Gasteiger partial charge on any atom is 0.229 e. The highest BCUT2D eigenvalue weighted by molar-refractivity contribution is 8.03. The zero-order chi connectivity index (χ0) is 20.5. The lowest BCUT2D eigenvalue weighted by molar-refractivity contribution is -0.129. The molecule has 0 radical (unpaired) electrons. The molecule has 6 heteroatoms. The lowest BCUT2D eigenvalue weighted by Gasteiger charge is -2.42. The first-order chi connectivity index (χ1) is 14.0. The minimum Gasteiger partial charge on any atom is -0.341 e. The summed E-state index contributed by atoms with van der Waals surface area (Å²) in [6.07, 6.45) is 0.249.